The highest BCUT2D eigenvalue weighted by molar-refractivity contribution is 7.89. The van der Waals surface area contributed by atoms with Crippen molar-refractivity contribution in [1.29, 1.82) is 0 Å². The van der Waals surface area contributed by atoms with Crippen LogP contribution in [0.4, 0.5) is 8.78 Å². The number of aliphatic carboxylic acids is 1. The van der Waals surface area contributed by atoms with Crippen LogP contribution in [0.5, 0.6) is 5.75 Å². The fourth-order valence-electron chi connectivity index (χ4n) is 1.77. The molecule has 1 atom stereocenters. The Balaban J connectivity index is 3.03. The molecule has 1 aromatic rings. The van der Waals surface area contributed by atoms with E-state index in [1.165, 1.54) is 0 Å². The molecule has 0 spiro atoms. The summed E-state index contributed by atoms with van der Waals surface area (Å²) < 4.78 is 54.8. The summed E-state index contributed by atoms with van der Waals surface area (Å²) in [6, 6.07) is 1.58. The Labute approximate surface area is 137 Å². The maximum atomic E-state index is 12.2. The van der Waals surface area contributed by atoms with Gasteiger partial charge in [-0.25, -0.2) is 8.42 Å². The minimum atomic E-state index is -4.18. The van der Waals surface area contributed by atoms with E-state index in [0.717, 1.165) is 18.2 Å². The lowest BCUT2D eigenvalue weighted by atomic mass is 10.1. The SMILES string of the molecule is CC(C)C[C@@H](NS(=O)(=O)c1ccc(OC(F)F)c(Cl)c1)C(=O)O. The Kier molecular flexibility index (Phi) is 6.72. The summed E-state index contributed by atoms with van der Waals surface area (Å²) in [4.78, 5) is 10.8. The third-order valence-electron chi connectivity index (χ3n) is 2.73. The monoisotopic (exact) mass is 371 g/mol. The topological polar surface area (TPSA) is 92.7 Å². The Bertz CT molecular complexity index is 666. The van der Waals surface area contributed by atoms with Gasteiger partial charge >= 0.3 is 12.6 Å². The predicted molar refractivity (Wildman–Crippen MR) is 79.3 cm³/mol. The molecule has 0 amide bonds. The van der Waals surface area contributed by atoms with Gasteiger partial charge in [-0.1, -0.05) is 25.4 Å². The first-order valence-corrected chi connectivity index (χ1v) is 8.38. The van der Waals surface area contributed by atoms with Gasteiger partial charge in [0, 0.05) is 0 Å². The number of ether oxygens (including phenoxy) is 1. The van der Waals surface area contributed by atoms with Crippen molar-refractivity contribution in [2.24, 2.45) is 5.92 Å². The van der Waals surface area contributed by atoms with Gasteiger partial charge in [0.2, 0.25) is 10.0 Å². The zero-order valence-corrected chi connectivity index (χ0v) is 13.9. The molecule has 23 heavy (non-hydrogen) atoms. The first kappa shape index (κ1) is 19.6. The normalized spacial score (nSPS) is 13.3. The van der Waals surface area contributed by atoms with E-state index in [-0.39, 0.29) is 28.0 Å². The molecule has 1 rings (SSSR count). The predicted octanol–water partition coefficient (Wildman–Crippen LogP) is 2.72. The van der Waals surface area contributed by atoms with Crippen LogP contribution < -0.4 is 9.46 Å². The molecule has 0 saturated heterocycles. The van der Waals surface area contributed by atoms with E-state index >= 15 is 0 Å². The molecule has 0 aliphatic carbocycles. The van der Waals surface area contributed by atoms with E-state index in [1.54, 1.807) is 13.8 Å². The van der Waals surface area contributed by atoms with Crippen LogP contribution in [0.1, 0.15) is 20.3 Å². The molecule has 0 heterocycles. The minimum Gasteiger partial charge on any atom is -0.480 e. The number of benzene rings is 1. The van der Waals surface area contributed by atoms with Crippen LogP contribution in [0.2, 0.25) is 5.02 Å². The number of halogens is 3. The van der Waals surface area contributed by atoms with Crippen molar-refractivity contribution in [2.75, 3.05) is 0 Å². The number of sulfonamides is 1. The van der Waals surface area contributed by atoms with Gasteiger partial charge in [-0.2, -0.15) is 13.5 Å². The molecule has 0 aromatic heterocycles. The second kappa shape index (κ2) is 7.89. The lowest BCUT2D eigenvalue weighted by Crippen LogP contribution is -2.41. The molecule has 2 N–H and O–H groups in total. The molecule has 0 unspecified atom stereocenters. The number of carbonyl (C=O) groups is 1. The summed E-state index contributed by atoms with van der Waals surface area (Å²) in [6.45, 7) is 0.394. The highest BCUT2D eigenvalue weighted by Crippen LogP contribution is 2.28. The molecular weight excluding hydrogens is 356 g/mol. The summed E-state index contributed by atoms with van der Waals surface area (Å²) in [7, 11) is -4.18. The van der Waals surface area contributed by atoms with Gasteiger partial charge in [0.15, 0.2) is 0 Å². The quantitative estimate of drug-likeness (QED) is 0.733. The lowest BCUT2D eigenvalue weighted by molar-refractivity contribution is -0.139. The molecular formula is C13H16ClF2NO5S. The fourth-order valence-corrected chi connectivity index (χ4v) is 3.28. The summed E-state index contributed by atoms with van der Waals surface area (Å²) in [6.07, 6.45) is 0.0921. The first-order valence-electron chi connectivity index (χ1n) is 6.52. The van der Waals surface area contributed by atoms with Crippen LogP contribution in [-0.2, 0) is 14.8 Å². The molecule has 130 valence electrons. The van der Waals surface area contributed by atoms with Crippen molar-refractivity contribution in [1.82, 2.24) is 4.72 Å². The first-order chi connectivity index (χ1) is 10.5. The van der Waals surface area contributed by atoms with Gasteiger partial charge in [-0.05, 0) is 30.5 Å². The molecule has 0 aliphatic rings. The Morgan fingerprint density at radius 2 is 2.00 bits per heavy atom. The second-order valence-electron chi connectivity index (χ2n) is 5.11. The van der Waals surface area contributed by atoms with Crippen LogP contribution in [0.15, 0.2) is 23.1 Å². The van der Waals surface area contributed by atoms with Crippen molar-refractivity contribution in [3.05, 3.63) is 23.2 Å². The van der Waals surface area contributed by atoms with Crippen LogP contribution >= 0.6 is 11.6 Å². The number of alkyl halides is 2. The second-order valence-corrected chi connectivity index (χ2v) is 7.23. The third kappa shape index (κ3) is 5.92. The molecule has 1 aromatic carbocycles. The maximum absolute atomic E-state index is 12.2. The van der Waals surface area contributed by atoms with Crippen molar-refractivity contribution >= 4 is 27.6 Å². The van der Waals surface area contributed by atoms with Gasteiger partial charge in [0.25, 0.3) is 0 Å². The number of hydrogen-bond donors (Lipinski definition) is 2. The Morgan fingerprint density at radius 3 is 2.43 bits per heavy atom. The molecule has 0 saturated carbocycles. The van der Waals surface area contributed by atoms with E-state index in [2.05, 4.69) is 9.46 Å². The van der Waals surface area contributed by atoms with Crippen LogP contribution in [0, 0.1) is 5.92 Å². The Hall–Kier alpha value is -1.45. The van der Waals surface area contributed by atoms with Gasteiger partial charge in [-0.3, -0.25) is 4.79 Å². The summed E-state index contributed by atoms with van der Waals surface area (Å²) >= 11 is 5.70. The third-order valence-corrected chi connectivity index (χ3v) is 4.50. The molecule has 0 fully saturated rings. The van der Waals surface area contributed by atoms with Gasteiger partial charge in [0.1, 0.15) is 11.8 Å². The van der Waals surface area contributed by atoms with E-state index in [9.17, 15) is 22.0 Å². The van der Waals surface area contributed by atoms with Crippen molar-refractivity contribution in [3.63, 3.8) is 0 Å². The number of carboxylic acid groups (broad SMARTS) is 1. The minimum absolute atomic E-state index is 0.0517. The fraction of sp³-hybridized carbons (Fsp3) is 0.462. The number of carboxylic acids is 1. The van der Waals surface area contributed by atoms with Crippen LogP contribution in [-0.4, -0.2) is 32.1 Å². The summed E-state index contributed by atoms with van der Waals surface area (Å²) in [5.74, 6) is -1.74. The molecule has 0 aliphatic heterocycles. The molecule has 0 bridgehead atoms. The number of hydrogen-bond acceptors (Lipinski definition) is 4. The maximum Gasteiger partial charge on any atom is 0.387 e. The molecule has 6 nitrogen and oxygen atoms in total. The van der Waals surface area contributed by atoms with E-state index < -0.39 is 28.6 Å². The average molecular weight is 372 g/mol. The lowest BCUT2D eigenvalue weighted by Gasteiger charge is -2.17. The zero-order valence-electron chi connectivity index (χ0n) is 12.3. The average Bonchev–Trinajstić information content (AvgIpc) is 2.38. The smallest absolute Gasteiger partial charge is 0.387 e. The van der Waals surface area contributed by atoms with Crippen LogP contribution in [0.3, 0.4) is 0 Å². The van der Waals surface area contributed by atoms with E-state index in [1.807, 2.05) is 0 Å². The van der Waals surface area contributed by atoms with Gasteiger partial charge in [0.05, 0.1) is 9.92 Å². The van der Waals surface area contributed by atoms with Gasteiger partial charge < -0.3 is 9.84 Å². The van der Waals surface area contributed by atoms with Crippen molar-refractivity contribution in [3.8, 4) is 5.75 Å². The summed E-state index contributed by atoms with van der Waals surface area (Å²) in [5, 5.41) is 8.74. The largest absolute Gasteiger partial charge is 0.480 e. The highest BCUT2D eigenvalue weighted by Gasteiger charge is 2.26. The standard InChI is InChI=1S/C13H16ClF2NO5S/c1-7(2)5-10(12(18)19)17-23(20,21)8-3-4-11(9(14)6-8)22-13(15)16/h3-4,6-7,10,13,17H,5H2,1-2H3,(H,18,19)/t10-/m1/s1. The van der Waals surface area contributed by atoms with Crippen molar-refractivity contribution < 1.29 is 31.8 Å². The number of nitrogens with one attached hydrogen (secondary N) is 1. The molecule has 10 heteroatoms. The van der Waals surface area contributed by atoms with E-state index in [4.69, 9.17) is 16.7 Å². The van der Waals surface area contributed by atoms with Crippen molar-refractivity contribution in [2.45, 2.75) is 37.8 Å². The summed E-state index contributed by atoms with van der Waals surface area (Å²) in [5.41, 5.74) is 0. The number of rotatable bonds is 8. The molecule has 0 radical (unpaired) electrons. The highest BCUT2D eigenvalue weighted by atomic mass is 35.5. The van der Waals surface area contributed by atoms with E-state index in [0.29, 0.717) is 0 Å². The Morgan fingerprint density at radius 1 is 1.39 bits per heavy atom. The zero-order chi connectivity index (χ0) is 17.8. The van der Waals surface area contributed by atoms with Gasteiger partial charge in [-0.15, -0.1) is 0 Å². The van der Waals surface area contributed by atoms with Crippen LogP contribution in [0.25, 0.3) is 0 Å².